The Hall–Kier alpha value is -1.93. The number of anilines is 1. The van der Waals surface area contributed by atoms with Crippen LogP contribution in [0.5, 0.6) is 0 Å². The molecule has 80 valence electrons. The van der Waals surface area contributed by atoms with Gasteiger partial charge in [0.15, 0.2) is 0 Å². The Bertz CT molecular complexity index is 470. The van der Waals surface area contributed by atoms with Gasteiger partial charge in [-0.1, -0.05) is 0 Å². The van der Waals surface area contributed by atoms with Crippen molar-refractivity contribution >= 4 is 17.0 Å². The highest BCUT2D eigenvalue weighted by Crippen LogP contribution is 2.06. The van der Waals surface area contributed by atoms with Crippen LogP contribution in [0.3, 0.4) is 0 Å². The second-order valence-corrected chi connectivity index (χ2v) is 3.92. The number of hydrogen-bond donors (Lipinski definition) is 1. The lowest BCUT2D eigenvalue weighted by Gasteiger charge is -2.03. The highest BCUT2D eigenvalue weighted by Gasteiger charge is 1.96. The lowest BCUT2D eigenvalue weighted by Crippen LogP contribution is -2.05. The van der Waals surface area contributed by atoms with Crippen LogP contribution in [0.25, 0.3) is 0 Å². The summed E-state index contributed by atoms with van der Waals surface area (Å²) in [7, 11) is 0. The van der Waals surface area contributed by atoms with Crippen LogP contribution in [0.1, 0.15) is 11.4 Å². The average Bonchev–Trinajstić information content (AvgIpc) is 2.83. The first kappa shape index (κ1) is 10.6. The van der Waals surface area contributed by atoms with Crippen molar-refractivity contribution in [1.82, 2.24) is 9.97 Å². The zero-order chi connectivity index (χ0) is 11.2. The fourth-order valence-corrected chi connectivity index (χ4v) is 1.85. The van der Waals surface area contributed by atoms with Gasteiger partial charge in [-0.15, -0.1) is 11.3 Å². The van der Waals surface area contributed by atoms with Gasteiger partial charge in [0.2, 0.25) is 0 Å². The summed E-state index contributed by atoms with van der Waals surface area (Å²) in [6, 6.07) is 5.54. The summed E-state index contributed by atoms with van der Waals surface area (Å²) in [6.45, 7) is 0.817. The predicted octanol–water partition coefficient (Wildman–Crippen LogP) is 2.06. The zero-order valence-corrected chi connectivity index (χ0v) is 9.37. The van der Waals surface area contributed by atoms with Gasteiger partial charge in [-0.2, -0.15) is 5.26 Å². The Kier molecular flexibility index (Phi) is 3.46. The Balaban J connectivity index is 1.83. The number of rotatable bonds is 4. The molecule has 2 aromatic rings. The molecule has 0 aliphatic heterocycles. The fraction of sp³-hybridized carbons (Fsp3) is 0.182. The van der Waals surface area contributed by atoms with Gasteiger partial charge in [-0.3, -0.25) is 0 Å². The second-order valence-electron chi connectivity index (χ2n) is 3.20. The molecule has 0 radical (unpaired) electrons. The van der Waals surface area contributed by atoms with Crippen molar-refractivity contribution in [3.63, 3.8) is 0 Å². The van der Waals surface area contributed by atoms with Crippen molar-refractivity contribution in [2.75, 3.05) is 11.9 Å². The summed E-state index contributed by atoms with van der Waals surface area (Å²) in [5.74, 6) is 0. The molecule has 0 saturated carbocycles. The van der Waals surface area contributed by atoms with E-state index in [0.717, 1.165) is 24.3 Å². The Morgan fingerprint density at radius 2 is 2.31 bits per heavy atom. The van der Waals surface area contributed by atoms with Crippen LogP contribution >= 0.6 is 11.3 Å². The molecule has 0 amide bonds. The van der Waals surface area contributed by atoms with Gasteiger partial charge in [0, 0.05) is 18.3 Å². The van der Waals surface area contributed by atoms with Crippen LogP contribution in [0.2, 0.25) is 0 Å². The lowest BCUT2D eigenvalue weighted by molar-refractivity contribution is 0.975. The fourth-order valence-electron chi connectivity index (χ4n) is 1.26. The molecular weight excluding hydrogens is 220 g/mol. The topological polar surface area (TPSA) is 61.6 Å². The van der Waals surface area contributed by atoms with E-state index in [2.05, 4.69) is 15.3 Å². The zero-order valence-electron chi connectivity index (χ0n) is 8.55. The van der Waals surface area contributed by atoms with E-state index in [1.807, 2.05) is 23.0 Å². The molecule has 0 bridgehead atoms. The van der Waals surface area contributed by atoms with Gasteiger partial charge in [-0.05, 0) is 12.1 Å². The van der Waals surface area contributed by atoms with Crippen molar-refractivity contribution in [1.29, 1.82) is 5.26 Å². The third-order valence-electron chi connectivity index (χ3n) is 2.07. The first-order chi connectivity index (χ1) is 7.88. The second kappa shape index (κ2) is 5.24. The van der Waals surface area contributed by atoms with Crippen molar-refractivity contribution in [3.8, 4) is 6.07 Å². The molecule has 0 fully saturated rings. The van der Waals surface area contributed by atoms with Crippen molar-refractivity contribution in [3.05, 3.63) is 40.6 Å². The summed E-state index contributed by atoms with van der Waals surface area (Å²) in [5, 5.41) is 13.9. The number of hydrogen-bond acceptors (Lipinski definition) is 5. The molecule has 4 nitrogen and oxygen atoms in total. The minimum absolute atomic E-state index is 0.435. The number of nitriles is 1. The van der Waals surface area contributed by atoms with Gasteiger partial charge in [0.25, 0.3) is 0 Å². The third-order valence-corrected chi connectivity index (χ3v) is 2.71. The summed E-state index contributed by atoms with van der Waals surface area (Å²) in [5.41, 5.74) is 4.29. The maximum absolute atomic E-state index is 8.59. The smallest absolute Gasteiger partial charge is 0.140 e. The first-order valence-electron chi connectivity index (χ1n) is 4.85. The first-order valence-corrected chi connectivity index (χ1v) is 5.80. The van der Waals surface area contributed by atoms with E-state index in [9.17, 15) is 0 Å². The molecule has 0 aliphatic rings. The van der Waals surface area contributed by atoms with E-state index in [1.165, 1.54) is 0 Å². The summed E-state index contributed by atoms with van der Waals surface area (Å²) < 4.78 is 0. The quantitative estimate of drug-likeness (QED) is 0.873. The summed E-state index contributed by atoms with van der Waals surface area (Å²) in [6.07, 6.45) is 2.56. The van der Waals surface area contributed by atoms with E-state index in [1.54, 1.807) is 23.6 Å². The lowest BCUT2D eigenvalue weighted by atomic mass is 10.3. The molecule has 0 unspecified atom stereocenters. The number of nitrogens with zero attached hydrogens (tertiary/aromatic N) is 3. The molecule has 2 heterocycles. The molecule has 2 aromatic heterocycles. The standard InChI is InChI=1S/C11H10N4S/c12-5-9-1-2-10(6-14-9)13-4-3-11-7-16-8-15-11/h1-2,6-8,13H,3-4H2. The van der Waals surface area contributed by atoms with Gasteiger partial charge in [-0.25, -0.2) is 9.97 Å². The molecule has 2 rings (SSSR count). The molecule has 5 heteroatoms. The number of nitrogens with one attached hydrogen (secondary N) is 1. The maximum Gasteiger partial charge on any atom is 0.140 e. The number of pyridine rings is 1. The Morgan fingerprint density at radius 1 is 1.38 bits per heavy atom. The number of thiazole rings is 1. The largest absolute Gasteiger partial charge is 0.383 e. The van der Waals surface area contributed by atoms with Crippen LogP contribution in [0.4, 0.5) is 5.69 Å². The highest BCUT2D eigenvalue weighted by molar-refractivity contribution is 7.07. The minimum Gasteiger partial charge on any atom is -0.383 e. The van der Waals surface area contributed by atoms with E-state index < -0.39 is 0 Å². The van der Waals surface area contributed by atoms with E-state index in [-0.39, 0.29) is 0 Å². The van der Waals surface area contributed by atoms with Gasteiger partial charge < -0.3 is 5.32 Å². The molecule has 0 spiro atoms. The molecule has 0 atom stereocenters. The molecule has 0 saturated heterocycles. The molecule has 1 N–H and O–H groups in total. The molecule has 0 aromatic carbocycles. The summed E-state index contributed by atoms with van der Waals surface area (Å²) in [4.78, 5) is 8.17. The average molecular weight is 230 g/mol. The van der Waals surface area contributed by atoms with E-state index in [0.29, 0.717) is 5.69 Å². The SMILES string of the molecule is N#Cc1ccc(NCCc2cscn2)cn1. The minimum atomic E-state index is 0.435. The highest BCUT2D eigenvalue weighted by atomic mass is 32.1. The van der Waals surface area contributed by atoms with Crippen LogP contribution in [-0.2, 0) is 6.42 Å². The monoisotopic (exact) mass is 230 g/mol. The Labute approximate surface area is 97.6 Å². The van der Waals surface area contributed by atoms with Gasteiger partial charge >= 0.3 is 0 Å². The Morgan fingerprint density at radius 3 is 2.94 bits per heavy atom. The van der Waals surface area contributed by atoms with Gasteiger partial charge in [0.1, 0.15) is 11.8 Å². The van der Waals surface area contributed by atoms with E-state index in [4.69, 9.17) is 5.26 Å². The predicted molar refractivity (Wildman–Crippen MR) is 63.3 cm³/mol. The third kappa shape index (κ3) is 2.78. The van der Waals surface area contributed by atoms with Crippen LogP contribution in [0.15, 0.2) is 29.2 Å². The van der Waals surface area contributed by atoms with Crippen LogP contribution < -0.4 is 5.32 Å². The maximum atomic E-state index is 8.59. The van der Waals surface area contributed by atoms with Crippen molar-refractivity contribution in [2.45, 2.75) is 6.42 Å². The van der Waals surface area contributed by atoms with Crippen molar-refractivity contribution < 1.29 is 0 Å². The summed E-state index contributed by atoms with van der Waals surface area (Å²) >= 11 is 1.60. The van der Waals surface area contributed by atoms with Crippen LogP contribution in [0, 0.1) is 11.3 Å². The molecule has 0 aliphatic carbocycles. The van der Waals surface area contributed by atoms with E-state index >= 15 is 0 Å². The number of aromatic nitrogens is 2. The van der Waals surface area contributed by atoms with Crippen LogP contribution in [-0.4, -0.2) is 16.5 Å². The van der Waals surface area contributed by atoms with Crippen molar-refractivity contribution in [2.24, 2.45) is 0 Å². The molecule has 16 heavy (non-hydrogen) atoms. The normalized spacial score (nSPS) is 9.69. The molecular formula is C11H10N4S. The van der Waals surface area contributed by atoms with Gasteiger partial charge in [0.05, 0.1) is 23.1 Å².